The first-order valence-corrected chi connectivity index (χ1v) is 12.2. The van der Waals surface area contributed by atoms with E-state index in [1.807, 2.05) is 36.1 Å². The van der Waals surface area contributed by atoms with Crippen molar-refractivity contribution in [2.45, 2.75) is 32.7 Å². The summed E-state index contributed by atoms with van der Waals surface area (Å²) in [4.78, 5) is 41.5. The number of rotatable bonds is 6. The lowest BCUT2D eigenvalue weighted by Crippen LogP contribution is -2.47. The van der Waals surface area contributed by atoms with Gasteiger partial charge in [-0.05, 0) is 50.1 Å². The summed E-state index contributed by atoms with van der Waals surface area (Å²) in [5, 5.41) is 3.19. The number of ether oxygens (including phenoxy) is 1. The average molecular weight is 475 g/mol. The zero-order chi connectivity index (χ0) is 24.4. The maximum atomic E-state index is 13.3. The molecule has 1 fully saturated rings. The van der Waals surface area contributed by atoms with Gasteiger partial charge in [-0.3, -0.25) is 9.59 Å². The molecule has 1 saturated heterocycles. The lowest BCUT2D eigenvalue weighted by Gasteiger charge is -2.38. The van der Waals surface area contributed by atoms with Crippen molar-refractivity contribution < 1.29 is 9.53 Å². The minimum Gasteiger partial charge on any atom is -0.377 e. The Morgan fingerprint density at radius 3 is 2.66 bits per heavy atom. The number of carbonyl (C=O) groups excluding carboxylic acids is 1. The average Bonchev–Trinajstić information content (AvgIpc) is 2.89. The molecule has 3 aromatic rings. The van der Waals surface area contributed by atoms with Crippen LogP contribution >= 0.6 is 0 Å². The fraction of sp³-hybridized carbons (Fsp3) is 0.385. The summed E-state index contributed by atoms with van der Waals surface area (Å²) >= 11 is 0. The fourth-order valence-electron chi connectivity index (χ4n) is 4.70. The van der Waals surface area contributed by atoms with Gasteiger partial charge in [0, 0.05) is 42.5 Å². The van der Waals surface area contributed by atoms with Crippen LogP contribution in [0, 0.1) is 0 Å². The quantitative estimate of drug-likeness (QED) is 0.565. The second-order valence-corrected chi connectivity index (χ2v) is 8.79. The molecule has 2 N–H and O–H groups in total. The number of nitrogens with zero attached hydrogens (tertiary/aromatic N) is 4. The first-order chi connectivity index (χ1) is 17.1. The summed E-state index contributed by atoms with van der Waals surface area (Å²) in [5.41, 5.74) is 2.92. The number of H-pyrrole nitrogens is 1. The predicted octanol–water partition coefficient (Wildman–Crippen LogP) is 3.21. The van der Waals surface area contributed by atoms with Gasteiger partial charge in [0.05, 0.1) is 19.3 Å². The molecule has 35 heavy (non-hydrogen) atoms. The van der Waals surface area contributed by atoms with E-state index in [4.69, 9.17) is 14.7 Å². The van der Waals surface area contributed by atoms with Crippen LogP contribution in [0.15, 0.2) is 47.3 Å². The molecule has 0 aliphatic carbocycles. The molecule has 0 spiro atoms. The molecule has 2 aliphatic heterocycles. The van der Waals surface area contributed by atoms with Gasteiger partial charge in [0.1, 0.15) is 17.3 Å². The van der Waals surface area contributed by atoms with Crippen LogP contribution in [-0.4, -0.2) is 64.6 Å². The number of nitrogens with one attached hydrogen (secondary N) is 2. The molecular formula is C26H30N6O3. The highest BCUT2D eigenvalue weighted by Gasteiger charge is 2.33. The minimum absolute atomic E-state index is 0.0359. The van der Waals surface area contributed by atoms with Crippen LogP contribution in [0.5, 0.6) is 0 Å². The summed E-state index contributed by atoms with van der Waals surface area (Å²) in [6, 6.07) is 12.9. The van der Waals surface area contributed by atoms with Crippen LogP contribution in [0.25, 0.3) is 11.4 Å². The number of carbonyl (C=O) groups is 1. The number of anilines is 3. The summed E-state index contributed by atoms with van der Waals surface area (Å²) < 4.78 is 5.72. The van der Waals surface area contributed by atoms with Gasteiger partial charge in [0.15, 0.2) is 5.82 Å². The number of aromatic nitrogens is 3. The highest BCUT2D eigenvalue weighted by Crippen LogP contribution is 2.32. The number of pyridine rings is 1. The summed E-state index contributed by atoms with van der Waals surface area (Å²) in [6.07, 6.45) is 1.68. The van der Waals surface area contributed by atoms with Crippen LogP contribution in [-0.2, 0) is 11.2 Å². The fourth-order valence-corrected chi connectivity index (χ4v) is 4.70. The number of hydrogen-bond acceptors (Lipinski definition) is 7. The van der Waals surface area contributed by atoms with Crippen molar-refractivity contribution in [2.24, 2.45) is 0 Å². The van der Waals surface area contributed by atoms with E-state index in [-0.39, 0.29) is 17.5 Å². The first kappa shape index (κ1) is 23.0. The lowest BCUT2D eigenvalue weighted by molar-refractivity contribution is 0.0741. The molecule has 1 aromatic carbocycles. The molecule has 2 aromatic heterocycles. The van der Waals surface area contributed by atoms with Crippen molar-refractivity contribution >= 4 is 23.2 Å². The van der Waals surface area contributed by atoms with Crippen molar-refractivity contribution in [1.29, 1.82) is 0 Å². The molecule has 4 heterocycles. The Balaban J connectivity index is 1.53. The number of benzene rings is 1. The SMILES string of the molecule is CCC1COCCN1c1nc(-c2ccc(Nc3cccc(=O)[nH]3)cc2)nc2c1CCN(CC)C2=O. The predicted molar refractivity (Wildman–Crippen MR) is 135 cm³/mol. The van der Waals surface area contributed by atoms with E-state index in [9.17, 15) is 9.59 Å². The van der Waals surface area contributed by atoms with Crippen LogP contribution in [0.2, 0.25) is 0 Å². The largest absolute Gasteiger partial charge is 0.377 e. The van der Waals surface area contributed by atoms with E-state index >= 15 is 0 Å². The van der Waals surface area contributed by atoms with Crippen molar-refractivity contribution in [3.05, 3.63) is 64.1 Å². The number of amides is 1. The third-order valence-corrected chi connectivity index (χ3v) is 6.65. The molecule has 1 unspecified atom stereocenters. The second-order valence-electron chi connectivity index (χ2n) is 8.79. The van der Waals surface area contributed by atoms with Crippen molar-refractivity contribution in [1.82, 2.24) is 19.9 Å². The molecule has 9 nitrogen and oxygen atoms in total. The third kappa shape index (κ3) is 4.64. The van der Waals surface area contributed by atoms with E-state index in [0.29, 0.717) is 43.6 Å². The van der Waals surface area contributed by atoms with Gasteiger partial charge in [-0.15, -0.1) is 0 Å². The molecule has 182 valence electrons. The number of hydrogen-bond donors (Lipinski definition) is 2. The van der Waals surface area contributed by atoms with Crippen molar-refractivity contribution in [3.63, 3.8) is 0 Å². The normalized spacial score (nSPS) is 17.9. The van der Waals surface area contributed by atoms with Crippen molar-refractivity contribution in [3.8, 4) is 11.4 Å². The van der Waals surface area contributed by atoms with Crippen molar-refractivity contribution in [2.75, 3.05) is 43.1 Å². The summed E-state index contributed by atoms with van der Waals surface area (Å²) in [5.74, 6) is 1.96. The molecule has 0 saturated carbocycles. The lowest BCUT2D eigenvalue weighted by atomic mass is 10.0. The van der Waals surface area contributed by atoms with Gasteiger partial charge < -0.3 is 24.8 Å². The maximum Gasteiger partial charge on any atom is 0.272 e. The Morgan fingerprint density at radius 2 is 1.91 bits per heavy atom. The summed E-state index contributed by atoms with van der Waals surface area (Å²) in [7, 11) is 0. The van der Waals surface area contributed by atoms with Gasteiger partial charge in [-0.1, -0.05) is 13.0 Å². The maximum absolute atomic E-state index is 13.3. The molecule has 2 aliphatic rings. The van der Waals surface area contributed by atoms with E-state index in [2.05, 4.69) is 22.1 Å². The third-order valence-electron chi connectivity index (χ3n) is 6.65. The van der Waals surface area contributed by atoms with Gasteiger partial charge >= 0.3 is 0 Å². The van der Waals surface area contributed by atoms with Gasteiger partial charge in [0.2, 0.25) is 5.56 Å². The van der Waals surface area contributed by atoms with Crippen LogP contribution < -0.4 is 15.8 Å². The Kier molecular flexibility index (Phi) is 6.50. The van der Waals surface area contributed by atoms with Crippen LogP contribution in [0.4, 0.5) is 17.3 Å². The molecule has 9 heteroatoms. The van der Waals surface area contributed by atoms with E-state index < -0.39 is 0 Å². The van der Waals surface area contributed by atoms with Gasteiger partial charge in [0.25, 0.3) is 5.91 Å². The second kappa shape index (κ2) is 9.87. The van der Waals surface area contributed by atoms with E-state index in [1.54, 1.807) is 12.1 Å². The molecular weight excluding hydrogens is 444 g/mol. The number of fused-ring (bicyclic) bond motifs is 1. The number of likely N-dealkylation sites (N-methyl/N-ethyl adjacent to an activating group) is 1. The van der Waals surface area contributed by atoms with Crippen LogP contribution in [0.3, 0.4) is 0 Å². The van der Waals surface area contributed by atoms with Gasteiger partial charge in [-0.2, -0.15) is 0 Å². The molecule has 1 atom stereocenters. The molecule has 0 radical (unpaired) electrons. The smallest absolute Gasteiger partial charge is 0.272 e. The monoisotopic (exact) mass is 474 g/mol. The zero-order valence-corrected chi connectivity index (χ0v) is 20.1. The van der Waals surface area contributed by atoms with E-state index in [0.717, 1.165) is 42.0 Å². The molecule has 0 bridgehead atoms. The summed E-state index contributed by atoms with van der Waals surface area (Å²) in [6.45, 7) is 7.52. The Morgan fingerprint density at radius 1 is 1.09 bits per heavy atom. The zero-order valence-electron chi connectivity index (χ0n) is 20.1. The standard InChI is InChI=1S/C26H30N6O3/c1-3-19-16-35-15-14-32(19)25-20-12-13-31(4-2)26(34)23(20)29-24(30-25)17-8-10-18(11-9-17)27-21-6-5-7-22(33)28-21/h5-11,19H,3-4,12-16H2,1-2H3,(H2,27,28,33). The first-order valence-electron chi connectivity index (χ1n) is 12.2. The van der Waals surface area contributed by atoms with Crippen LogP contribution in [0.1, 0.15) is 36.3 Å². The number of morpholine rings is 1. The highest BCUT2D eigenvalue weighted by atomic mass is 16.5. The number of aromatic amines is 1. The topological polar surface area (TPSA) is 103 Å². The Bertz CT molecular complexity index is 1270. The minimum atomic E-state index is -0.166. The Hall–Kier alpha value is -3.72. The van der Waals surface area contributed by atoms with Gasteiger partial charge in [-0.25, -0.2) is 9.97 Å². The Labute approximate surface area is 204 Å². The molecule has 5 rings (SSSR count). The molecule has 1 amide bonds. The highest BCUT2D eigenvalue weighted by molar-refractivity contribution is 5.96. The van der Waals surface area contributed by atoms with E-state index in [1.165, 1.54) is 6.07 Å².